The van der Waals surface area contributed by atoms with Gasteiger partial charge < -0.3 is 9.64 Å². The maximum absolute atomic E-state index is 12.0. The van der Waals surface area contributed by atoms with Crippen LogP contribution in [0.25, 0.3) is 0 Å². The third kappa shape index (κ3) is 3.23. The standard InChI is InChI=1S/C14H18INO2/c1-2-18-9-3-8-16-13-6-5-12(15)10-11(13)4-7-14(16)17/h5-6,10H,2-4,7-9H2,1H3. The van der Waals surface area contributed by atoms with Crippen molar-refractivity contribution in [1.29, 1.82) is 0 Å². The Balaban J connectivity index is 2.08. The minimum Gasteiger partial charge on any atom is -0.382 e. The summed E-state index contributed by atoms with van der Waals surface area (Å²) in [6, 6.07) is 6.31. The van der Waals surface area contributed by atoms with Gasteiger partial charge in [-0.3, -0.25) is 4.79 Å². The molecule has 1 heterocycles. The van der Waals surface area contributed by atoms with E-state index in [4.69, 9.17) is 4.74 Å². The molecule has 1 aromatic carbocycles. The maximum Gasteiger partial charge on any atom is 0.227 e. The van der Waals surface area contributed by atoms with Crippen LogP contribution in [0.15, 0.2) is 18.2 Å². The van der Waals surface area contributed by atoms with Crippen LogP contribution in [0.3, 0.4) is 0 Å². The lowest BCUT2D eigenvalue weighted by molar-refractivity contribution is -0.118. The Labute approximate surface area is 122 Å². The zero-order chi connectivity index (χ0) is 13.0. The largest absolute Gasteiger partial charge is 0.382 e. The van der Waals surface area contributed by atoms with Crippen molar-refractivity contribution in [2.24, 2.45) is 0 Å². The maximum atomic E-state index is 12.0. The first-order valence-corrected chi connectivity index (χ1v) is 7.46. The third-order valence-electron chi connectivity index (χ3n) is 3.12. The lowest BCUT2D eigenvalue weighted by Gasteiger charge is -2.29. The van der Waals surface area contributed by atoms with Crippen LogP contribution in [0, 0.1) is 3.57 Å². The average molecular weight is 359 g/mol. The Kier molecular flexibility index (Phi) is 5.00. The van der Waals surface area contributed by atoms with Crippen LogP contribution >= 0.6 is 22.6 Å². The predicted octanol–water partition coefficient (Wildman–Crippen LogP) is 3.00. The van der Waals surface area contributed by atoms with E-state index < -0.39 is 0 Å². The van der Waals surface area contributed by atoms with E-state index in [0.29, 0.717) is 6.42 Å². The second-order valence-electron chi connectivity index (χ2n) is 4.37. The molecule has 1 aliphatic heterocycles. The first-order valence-electron chi connectivity index (χ1n) is 6.39. The van der Waals surface area contributed by atoms with E-state index in [1.165, 1.54) is 9.13 Å². The summed E-state index contributed by atoms with van der Waals surface area (Å²) in [5, 5.41) is 0. The van der Waals surface area contributed by atoms with Gasteiger partial charge in [0.2, 0.25) is 5.91 Å². The average Bonchev–Trinajstić information content (AvgIpc) is 2.37. The fourth-order valence-corrected chi connectivity index (χ4v) is 2.80. The van der Waals surface area contributed by atoms with Gasteiger partial charge >= 0.3 is 0 Å². The highest BCUT2D eigenvalue weighted by Gasteiger charge is 2.23. The van der Waals surface area contributed by atoms with Crippen molar-refractivity contribution in [1.82, 2.24) is 0 Å². The summed E-state index contributed by atoms with van der Waals surface area (Å²) in [5.41, 5.74) is 2.38. The molecule has 0 saturated heterocycles. The number of aryl methyl sites for hydroxylation is 1. The molecule has 0 aromatic heterocycles. The van der Waals surface area contributed by atoms with E-state index in [0.717, 1.165) is 38.3 Å². The fourth-order valence-electron chi connectivity index (χ4n) is 2.24. The lowest BCUT2D eigenvalue weighted by Crippen LogP contribution is -2.36. The highest BCUT2D eigenvalue weighted by atomic mass is 127. The third-order valence-corrected chi connectivity index (χ3v) is 3.79. The summed E-state index contributed by atoms with van der Waals surface area (Å²) in [5.74, 6) is 0.236. The number of rotatable bonds is 5. The number of fused-ring (bicyclic) bond motifs is 1. The number of amides is 1. The molecule has 0 unspecified atom stereocenters. The summed E-state index contributed by atoms with van der Waals surface area (Å²) in [4.78, 5) is 13.9. The zero-order valence-electron chi connectivity index (χ0n) is 10.6. The molecule has 1 amide bonds. The molecule has 0 bridgehead atoms. The van der Waals surface area contributed by atoms with Gasteiger partial charge in [-0.25, -0.2) is 0 Å². The van der Waals surface area contributed by atoms with Crippen LogP contribution in [-0.4, -0.2) is 25.7 Å². The summed E-state index contributed by atoms with van der Waals surface area (Å²) >= 11 is 2.31. The Morgan fingerprint density at radius 3 is 3.00 bits per heavy atom. The summed E-state index contributed by atoms with van der Waals surface area (Å²) < 4.78 is 6.56. The first-order chi connectivity index (χ1) is 8.72. The van der Waals surface area contributed by atoms with Gasteiger partial charge in [-0.15, -0.1) is 0 Å². The molecule has 1 aliphatic rings. The molecule has 0 spiro atoms. The minimum absolute atomic E-state index is 0.236. The summed E-state index contributed by atoms with van der Waals surface area (Å²) in [6.07, 6.45) is 2.39. The van der Waals surface area contributed by atoms with Gasteiger partial charge in [-0.1, -0.05) is 0 Å². The molecule has 3 nitrogen and oxygen atoms in total. The fraction of sp³-hybridized carbons (Fsp3) is 0.500. The van der Waals surface area contributed by atoms with Gasteiger partial charge in [0.1, 0.15) is 0 Å². The number of ether oxygens (including phenoxy) is 1. The number of benzene rings is 1. The van der Waals surface area contributed by atoms with Crippen LogP contribution < -0.4 is 4.90 Å². The quantitative estimate of drug-likeness (QED) is 0.598. The van der Waals surface area contributed by atoms with Crippen molar-refractivity contribution in [3.8, 4) is 0 Å². The summed E-state index contributed by atoms with van der Waals surface area (Å²) in [6.45, 7) is 4.21. The SMILES string of the molecule is CCOCCCN1C(=O)CCc2cc(I)ccc21. The molecular weight excluding hydrogens is 341 g/mol. The molecule has 4 heteroatoms. The van der Waals surface area contributed by atoms with E-state index >= 15 is 0 Å². The van der Waals surface area contributed by atoms with Gasteiger partial charge in [-0.2, -0.15) is 0 Å². The Bertz CT molecular complexity index is 434. The zero-order valence-corrected chi connectivity index (χ0v) is 12.8. The van der Waals surface area contributed by atoms with E-state index in [-0.39, 0.29) is 5.91 Å². The summed E-state index contributed by atoms with van der Waals surface area (Å²) in [7, 11) is 0. The number of hydrogen-bond donors (Lipinski definition) is 0. The number of hydrogen-bond acceptors (Lipinski definition) is 2. The number of carbonyl (C=O) groups excluding carboxylic acids is 1. The van der Waals surface area contributed by atoms with Gasteiger partial charge in [0.15, 0.2) is 0 Å². The van der Waals surface area contributed by atoms with Gasteiger partial charge in [0, 0.05) is 35.4 Å². The molecular formula is C14H18INO2. The highest BCUT2D eigenvalue weighted by Crippen LogP contribution is 2.29. The van der Waals surface area contributed by atoms with Crippen LogP contribution in [0.2, 0.25) is 0 Å². The normalized spacial score (nSPS) is 14.8. The molecule has 0 atom stereocenters. The molecule has 98 valence electrons. The molecule has 0 fully saturated rings. The van der Waals surface area contributed by atoms with Crippen LogP contribution in [0.4, 0.5) is 5.69 Å². The molecule has 18 heavy (non-hydrogen) atoms. The smallest absolute Gasteiger partial charge is 0.227 e. The molecule has 0 radical (unpaired) electrons. The van der Waals surface area contributed by atoms with E-state index in [1.807, 2.05) is 11.8 Å². The number of nitrogens with zero attached hydrogens (tertiary/aromatic N) is 1. The molecule has 0 N–H and O–H groups in total. The van der Waals surface area contributed by atoms with Crippen molar-refractivity contribution in [3.05, 3.63) is 27.3 Å². The lowest BCUT2D eigenvalue weighted by atomic mass is 10.0. The Morgan fingerprint density at radius 2 is 2.22 bits per heavy atom. The first kappa shape index (κ1) is 13.8. The van der Waals surface area contributed by atoms with E-state index in [2.05, 4.69) is 40.8 Å². The van der Waals surface area contributed by atoms with Crippen molar-refractivity contribution in [2.45, 2.75) is 26.2 Å². The van der Waals surface area contributed by atoms with E-state index in [1.54, 1.807) is 0 Å². The van der Waals surface area contributed by atoms with Gasteiger partial charge in [-0.05, 0) is 66.1 Å². The molecule has 0 aliphatic carbocycles. The van der Waals surface area contributed by atoms with Crippen LogP contribution in [0.1, 0.15) is 25.3 Å². The predicted molar refractivity (Wildman–Crippen MR) is 80.9 cm³/mol. The molecule has 1 aromatic rings. The van der Waals surface area contributed by atoms with Crippen LogP contribution in [-0.2, 0) is 16.0 Å². The van der Waals surface area contributed by atoms with Crippen molar-refractivity contribution >= 4 is 34.2 Å². The monoisotopic (exact) mass is 359 g/mol. The Hall–Kier alpha value is -0.620. The molecule has 0 saturated carbocycles. The second kappa shape index (κ2) is 6.52. The van der Waals surface area contributed by atoms with Gasteiger partial charge in [0.25, 0.3) is 0 Å². The minimum atomic E-state index is 0.236. The number of anilines is 1. The van der Waals surface area contributed by atoms with Crippen molar-refractivity contribution in [2.75, 3.05) is 24.7 Å². The second-order valence-corrected chi connectivity index (χ2v) is 5.61. The topological polar surface area (TPSA) is 29.5 Å². The number of halogens is 1. The van der Waals surface area contributed by atoms with Gasteiger partial charge in [0.05, 0.1) is 0 Å². The van der Waals surface area contributed by atoms with E-state index in [9.17, 15) is 4.79 Å². The molecule has 2 rings (SSSR count). The Morgan fingerprint density at radius 1 is 1.39 bits per heavy atom. The number of carbonyl (C=O) groups is 1. The highest BCUT2D eigenvalue weighted by molar-refractivity contribution is 14.1. The van der Waals surface area contributed by atoms with Crippen LogP contribution in [0.5, 0.6) is 0 Å². The van der Waals surface area contributed by atoms with Crippen molar-refractivity contribution < 1.29 is 9.53 Å². The van der Waals surface area contributed by atoms with Crippen molar-refractivity contribution in [3.63, 3.8) is 0 Å².